The molecule has 0 unspecified atom stereocenters. The van der Waals surface area contributed by atoms with Crippen LogP contribution in [0.4, 0.5) is 4.39 Å². The van der Waals surface area contributed by atoms with Gasteiger partial charge in [0, 0.05) is 5.39 Å². The Bertz CT molecular complexity index is 577. The van der Waals surface area contributed by atoms with Gasteiger partial charge in [0.1, 0.15) is 11.5 Å². The second-order valence-electron chi connectivity index (χ2n) is 3.46. The minimum atomic E-state index is -1.03. The van der Waals surface area contributed by atoms with Crippen molar-refractivity contribution in [3.05, 3.63) is 32.8 Å². The fraction of sp³-hybridized carbons (Fsp3) is 0.182. The van der Waals surface area contributed by atoms with E-state index in [1.165, 1.54) is 6.07 Å². The van der Waals surface area contributed by atoms with Gasteiger partial charge in [0.25, 0.3) is 0 Å². The van der Waals surface area contributed by atoms with Crippen LogP contribution in [-0.4, -0.2) is 16.1 Å². The molecule has 5 heteroatoms. The molecule has 0 bridgehead atoms. The zero-order chi connectivity index (χ0) is 11.9. The fourth-order valence-corrected chi connectivity index (χ4v) is 2.46. The zero-order valence-corrected chi connectivity index (χ0v) is 10.6. The molecule has 0 radical (unpaired) electrons. The summed E-state index contributed by atoms with van der Waals surface area (Å²) in [5, 5.41) is 9.69. The average molecular weight is 333 g/mol. The third kappa shape index (κ3) is 1.68. The number of carboxylic acids is 1. The molecule has 1 aromatic heterocycles. The predicted octanol–water partition coefficient (Wildman–Crippen LogP) is 3.17. The first-order valence-corrected chi connectivity index (χ1v) is 5.85. The number of aromatic amines is 1. The number of aromatic carboxylic acids is 1. The molecule has 0 amide bonds. The highest BCUT2D eigenvalue weighted by molar-refractivity contribution is 14.1. The van der Waals surface area contributed by atoms with Gasteiger partial charge < -0.3 is 10.1 Å². The summed E-state index contributed by atoms with van der Waals surface area (Å²) in [6, 6.07) is 3.05. The number of hydrogen-bond acceptors (Lipinski definition) is 1. The van der Waals surface area contributed by atoms with Crippen LogP contribution < -0.4 is 0 Å². The van der Waals surface area contributed by atoms with Gasteiger partial charge in [-0.3, -0.25) is 0 Å². The number of rotatable bonds is 2. The lowest BCUT2D eigenvalue weighted by molar-refractivity contribution is 0.0690. The van der Waals surface area contributed by atoms with Crippen LogP contribution in [0.15, 0.2) is 12.1 Å². The maximum atomic E-state index is 13.5. The van der Waals surface area contributed by atoms with E-state index in [1.54, 1.807) is 6.07 Å². The Balaban J connectivity index is 2.77. The zero-order valence-electron chi connectivity index (χ0n) is 8.47. The molecule has 0 saturated carbocycles. The minimum absolute atomic E-state index is 0.114. The van der Waals surface area contributed by atoms with Crippen molar-refractivity contribution in [2.24, 2.45) is 0 Å². The standard InChI is InChI=1S/C11H9FINO2/c1-2-5-3-6-8(4-7(5)12)14-10(9(6)13)11(15)16/h3-4,14H,2H2,1H3,(H,15,16). The van der Waals surface area contributed by atoms with Crippen LogP contribution in [0.25, 0.3) is 10.9 Å². The molecule has 3 nitrogen and oxygen atoms in total. The molecule has 2 aromatic rings. The van der Waals surface area contributed by atoms with Gasteiger partial charge in [0.05, 0.1) is 9.09 Å². The molecule has 0 spiro atoms. The molecule has 0 fully saturated rings. The van der Waals surface area contributed by atoms with Gasteiger partial charge in [0.2, 0.25) is 0 Å². The van der Waals surface area contributed by atoms with Crippen molar-refractivity contribution in [3.63, 3.8) is 0 Å². The van der Waals surface area contributed by atoms with E-state index in [2.05, 4.69) is 4.98 Å². The quantitative estimate of drug-likeness (QED) is 0.830. The number of carboxylic acid groups (broad SMARTS) is 1. The molecule has 2 rings (SSSR count). The summed E-state index contributed by atoms with van der Waals surface area (Å²) >= 11 is 1.96. The van der Waals surface area contributed by atoms with Gasteiger partial charge in [-0.1, -0.05) is 6.92 Å². The third-order valence-corrected chi connectivity index (χ3v) is 3.62. The van der Waals surface area contributed by atoms with E-state index in [-0.39, 0.29) is 11.5 Å². The SMILES string of the molecule is CCc1cc2c(I)c(C(=O)O)[nH]c2cc1F. The Labute approximate surface area is 105 Å². The first kappa shape index (κ1) is 11.4. The topological polar surface area (TPSA) is 53.1 Å². The summed E-state index contributed by atoms with van der Waals surface area (Å²) < 4.78 is 14.1. The number of halogens is 2. The average Bonchev–Trinajstić information content (AvgIpc) is 2.54. The van der Waals surface area contributed by atoms with Crippen molar-refractivity contribution in [3.8, 4) is 0 Å². The number of H-pyrrole nitrogens is 1. The van der Waals surface area contributed by atoms with Gasteiger partial charge >= 0.3 is 5.97 Å². The highest BCUT2D eigenvalue weighted by Gasteiger charge is 2.16. The molecule has 0 aliphatic carbocycles. The molecule has 0 saturated heterocycles. The first-order chi connectivity index (χ1) is 7.54. The van der Waals surface area contributed by atoms with Crippen LogP contribution in [0.1, 0.15) is 23.0 Å². The minimum Gasteiger partial charge on any atom is -0.477 e. The summed E-state index contributed by atoms with van der Waals surface area (Å²) in [5.74, 6) is -1.33. The number of hydrogen-bond donors (Lipinski definition) is 2. The van der Waals surface area contributed by atoms with Crippen LogP contribution in [0.3, 0.4) is 0 Å². The van der Waals surface area contributed by atoms with Gasteiger partial charge in [-0.15, -0.1) is 0 Å². The monoisotopic (exact) mass is 333 g/mol. The Morgan fingerprint density at radius 3 is 2.81 bits per heavy atom. The van der Waals surface area contributed by atoms with E-state index >= 15 is 0 Å². The summed E-state index contributed by atoms with van der Waals surface area (Å²) in [6.45, 7) is 1.86. The Kier molecular flexibility index (Phi) is 2.88. The summed E-state index contributed by atoms with van der Waals surface area (Å²) in [6.07, 6.45) is 0.589. The summed E-state index contributed by atoms with van der Waals surface area (Å²) in [7, 11) is 0. The maximum absolute atomic E-state index is 13.5. The fourth-order valence-electron chi connectivity index (χ4n) is 1.65. The van der Waals surface area contributed by atoms with Crippen LogP contribution >= 0.6 is 22.6 Å². The predicted molar refractivity (Wildman–Crippen MR) is 67.3 cm³/mol. The number of aromatic nitrogens is 1. The number of carbonyl (C=O) groups is 1. The normalized spacial score (nSPS) is 10.9. The van der Waals surface area contributed by atoms with E-state index in [4.69, 9.17) is 5.11 Å². The molecular weight excluding hydrogens is 324 g/mol. The van der Waals surface area contributed by atoms with Crippen LogP contribution in [0, 0.1) is 9.39 Å². The molecule has 84 valence electrons. The molecule has 0 aliphatic heterocycles. The van der Waals surface area contributed by atoms with Crippen molar-refractivity contribution >= 4 is 39.5 Å². The lowest BCUT2D eigenvalue weighted by Crippen LogP contribution is -1.97. The van der Waals surface area contributed by atoms with Crippen LogP contribution in [-0.2, 0) is 6.42 Å². The third-order valence-electron chi connectivity index (χ3n) is 2.50. The van der Waals surface area contributed by atoms with E-state index < -0.39 is 5.97 Å². The maximum Gasteiger partial charge on any atom is 0.353 e. The van der Waals surface area contributed by atoms with Crippen molar-refractivity contribution in [2.45, 2.75) is 13.3 Å². The lowest BCUT2D eigenvalue weighted by atomic mass is 10.1. The molecule has 0 aliphatic rings. The molecule has 1 heterocycles. The van der Waals surface area contributed by atoms with Crippen molar-refractivity contribution < 1.29 is 14.3 Å². The smallest absolute Gasteiger partial charge is 0.353 e. The molecule has 0 atom stereocenters. The number of aryl methyl sites for hydroxylation is 1. The van der Waals surface area contributed by atoms with Crippen molar-refractivity contribution in [1.82, 2.24) is 4.98 Å². The summed E-state index contributed by atoms with van der Waals surface area (Å²) in [5.41, 5.74) is 1.24. The number of fused-ring (bicyclic) bond motifs is 1. The number of nitrogens with one attached hydrogen (secondary N) is 1. The van der Waals surface area contributed by atoms with Gasteiger partial charge in [-0.2, -0.15) is 0 Å². The summed E-state index contributed by atoms with van der Waals surface area (Å²) in [4.78, 5) is 13.6. The van der Waals surface area contributed by atoms with E-state index in [9.17, 15) is 9.18 Å². The van der Waals surface area contributed by atoms with Gasteiger partial charge in [-0.25, -0.2) is 9.18 Å². The van der Waals surface area contributed by atoms with Gasteiger partial charge in [-0.05, 0) is 46.7 Å². The first-order valence-electron chi connectivity index (χ1n) is 4.77. The van der Waals surface area contributed by atoms with Crippen LogP contribution in [0.2, 0.25) is 0 Å². The van der Waals surface area contributed by atoms with Crippen molar-refractivity contribution in [2.75, 3.05) is 0 Å². The molecule has 1 aromatic carbocycles. The molecular formula is C11H9FINO2. The Hall–Kier alpha value is -1.11. The van der Waals surface area contributed by atoms with Crippen molar-refractivity contribution in [1.29, 1.82) is 0 Å². The van der Waals surface area contributed by atoms with Gasteiger partial charge in [0.15, 0.2) is 0 Å². The van der Waals surface area contributed by atoms with E-state index in [0.29, 0.717) is 21.1 Å². The van der Waals surface area contributed by atoms with E-state index in [1.807, 2.05) is 29.5 Å². The van der Waals surface area contributed by atoms with Crippen LogP contribution in [0.5, 0.6) is 0 Å². The molecule has 16 heavy (non-hydrogen) atoms. The number of benzene rings is 1. The second-order valence-corrected chi connectivity index (χ2v) is 4.54. The highest BCUT2D eigenvalue weighted by Crippen LogP contribution is 2.27. The molecule has 2 N–H and O–H groups in total. The second kappa shape index (κ2) is 4.04. The Morgan fingerprint density at radius 2 is 2.25 bits per heavy atom. The largest absolute Gasteiger partial charge is 0.477 e. The van der Waals surface area contributed by atoms with E-state index in [0.717, 1.165) is 5.39 Å². The lowest BCUT2D eigenvalue weighted by Gasteiger charge is -1.99. The highest BCUT2D eigenvalue weighted by atomic mass is 127. The Morgan fingerprint density at radius 1 is 1.56 bits per heavy atom.